The van der Waals surface area contributed by atoms with Gasteiger partial charge in [-0.3, -0.25) is 28.9 Å². The first-order valence-electron chi connectivity index (χ1n) is 18.4. The Morgan fingerprint density at radius 2 is 1.60 bits per heavy atom. The third-order valence-corrected chi connectivity index (χ3v) is 9.99. The van der Waals surface area contributed by atoms with Crippen LogP contribution in [0, 0.1) is 6.92 Å². The molecule has 2 fully saturated rings. The molecule has 13 heteroatoms. The summed E-state index contributed by atoms with van der Waals surface area (Å²) in [6.45, 7) is 7.11. The van der Waals surface area contributed by atoms with Gasteiger partial charge in [-0.05, 0) is 67.6 Å². The molecule has 3 atom stereocenters. The summed E-state index contributed by atoms with van der Waals surface area (Å²) in [5.74, 6) is -1.62. The largest absolute Gasteiger partial charge is 0.492 e. The zero-order chi connectivity index (χ0) is 37.4. The Labute approximate surface area is 310 Å². The van der Waals surface area contributed by atoms with Crippen LogP contribution in [-0.4, -0.2) is 104 Å². The molecule has 3 aromatic rings. The molecular formula is C40H49N7O6. The topological polar surface area (TPSA) is 161 Å². The van der Waals surface area contributed by atoms with Gasteiger partial charge in [-0.25, -0.2) is 0 Å². The lowest BCUT2D eigenvalue weighted by Crippen LogP contribution is -2.59. The maximum atomic E-state index is 13.8. The van der Waals surface area contributed by atoms with E-state index in [1.54, 1.807) is 12.1 Å². The first-order valence-corrected chi connectivity index (χ1v) is 18.4. The predicted octanol–water partition coefficient (Wildman–Crippen LogP) is 1.23. The normalized spacial score (nSPS) is 22.8. The molecule has 280 valence electrons. The van der Waals surface area contributed by atoms with Crippen molar-refractivity contribution in [1.29, 1.82) is 0 Å². The number of hydrogen-bond acceptors (Lipinski definition) is 8. The van der Waals surface area contributed by atoms with Gasteiger partial charge in [0, 0.05) is 44.7 Å². The number of ether oxygens (including phenoxy) is 1. The van der Waals surface area contributed by atoms with Gasteiger partial charge in [0.05, 0.1) is 13.1 Å². The van der Waals surface area contributed by atoms with Gasteiger partial charge in [-0.15, -0.1) is 0 Å². The second-order valence-electron chi connectivity index (χ2n) is 14.2. The van der Waals surface area contributed by atoms with Crippen molar-refractivity contribution in [3.05, 3.63) is 95.6 Å². The fraction of sp³-hybridized carbons (Fsp3) is 0.425. The number of piperazine rings is 1. The summed E-state index contributed by atoms with van der Waals surface area (Å²) in [6.07, 6.45) is 1.30. The van der Waals surface area contributed by atoms with Crippen LogP contribution in [0.4, 0.5) is 5.69 Å². The number of benzene rings is 3. The van der Waals surface area contributed by atoms with Gasteiger partial charge in [0.25, 0.3) is 0 Å². The molecule has 2 bridgehead atoms. The number of amides is 5. The number of aryl methyl sites for hydroxylation is 1. The molecule has 3 heterocycles. The van der Waals surface area contributed by atoms with E-state index in [-0.39, 0.29) is 44.4 Å². The summed E-state index contributed by atoms with van der Waals surface area (Å²) in [4.78, 5) is 71.9. The molecule has 0 radical (unpaired) electrons. The molecule has 3 aliphatic heterocycles. The van der Waals surface area contributed by atoms with Crippen molar-refractivity contribution >= 4 is 35.2 Å². The molecule has 1 spiro atoms. The third-order valence-electron chi connectivity index (χ3n) is 9.99. The van der Waals surface area contributed by atoms with Crippen molar-refractivity contribution in [3.63, 3.8) is 0 Å². The molecule has 53 heavy (non-hydrogen) atoms. The smallest absolute Gasteiger partial charge is 0.245 e. The Balaban J connectivity index is 1.15. The third kappa shape index (κ3) is 10.1. The predicted molar refractivity (Wildman–Crippen MR) is 200 cm³/mol. The van der Waals surface area contributed by atoms with Gasteiger partial charge in [0.1, 0.15) is 36.0 Å². The maximum Gasteiger partial charge on any atom is 0.245 e. The minimum absolute atomic E-state index is 0.128. The molecular weight excluding hydrogens is 674 g/mol. The number of nitrogens with zero attached hydrogens (tertiary/aromatic N) is 2. The number of nitrogens with one attached hydrogen (secondary N) is 5. The molecule has 0 unspecified atom stereocenters. The Bertz CT molecular complexity index is 1770. The van der Waals surface area contributed by atoms with E-state index >= 15 is 0 Å². The van der Waals surface area contributed by atoms with Crippen LogP contribution in [0.1, 0.15) is 36.5 Å². The lowest BCUT2D eigenvalue weighted by atomic mass is 10.0. The van der Waals surface area contributed by atoms with E-state index in [2.05, 4.69) is 61.5 Å². The lowest BCUT2D eigenvalue weighted by molar-refractivity contribution is -0.134. The second kappa shape index (κ2) is 16.9. The van der Waals surface area contributed by atoms with E-state index in [4.69, 9.17) is 4.74 Å². The van der Waals surface area contributed by atoms with E-state index in [0.717, 1.165) is 29.9 Å². The van der Waals surface area contributed by atoms with Gasteiger partial charge in [-0.1, -0.05) is 54.6 Å². The zero-order valence-corrected chi connectivity index (χ0v) is 30.4. The first kappa shape index (κ1) is 37.3. The van der Waals surface area contributed by atoms with Gasteiger partial charge in [0.2, 0.25) is 29.5 Å². The average molecular weight is 724 g/mol. The Kier molecular flexibility index (Phi) is 11.9. The highest BCUT2D eigenvalue weighted by molar-refractivity contribution is 5.98. The lowest BCUT2D eigenvalue weighted by Gasteiger charge is -2.36. The maximum absolute atomic E-state index is 13.8. The van der Waals surface area contributed by atoms with Crippen molar-refractivity contribution in [2.45, 2.75) is 63.2 Å². The number of carbonyl (C=O) groups is 5. The standard InChI is InChI=1S/C40H49N7O6/c1-27-7-6-10-31(23-27)47-20-18-46(19-21-47)26-35(48)43-33-25-30-11-13-32(14-12-30)53-22-17-41-39(52)40(15-16-40)45-38(51)34(24-29-8-4-3-5-9-29)44-36(49)28(2)42-37(33)50/h3-14,23,28,33-34H,15-22,24-26H2,1-2H3,(H,41,52)(H,42,50)(H,43,48)(H,44,49)(H,45,51)/t28-,33-,34+/m0/s1. The highest BCUT2D eigenvalue weighted by Crippen LogP contribution is 2.35. The van der Waals surface area contributed by atoms with Crippen molar-refractivity contribution < 1.29 is 28.7 Å². The van der Waals surface area contributed by atoms with Crippen LogP contribution in [0.2, 0.25) is 0 Å². The highest BCUT2D eigenvalue weighted by atomic mass is 16.5. The quantitative estimate of drug-likeness (QED) is 0.238. The molecule has 5 amide bonds. The Hall–Kier alpha value is -5.43. The highest BCUT2D eigenvalue weighted by Gasteiger charge is 2.51. The Morgan fingerprint density at radius 1 is 0.868 bits per heavy atom. The first-order chi connectivity index (χ1) is 25.6. The summed E-state index contributed by atoms with van der Waals surface area (Å²) in [5.41, 5.74) is 2.89. The van der Waals surface area contributed by atoms with E-state index in [1.165, 1.54) is 12.5 Å². The van der Waals surface area contributed by atoms with Crippen molar-refractivity contribution in [3.8, 4) is 5.75 Å². The van der Waals surface area contributed by atoms with Crippen molar-refractivity contribution in [2.75, 3.05) is 50.8 Å². The fourth-order valence-corrected chi connectivity index (χ4v) is 6.69. The van der Waals surface area contributed by atoms with E-state index in [9.17, 15) is 24.0 Å². The van der Waals surface area contributed by atoms with E-state index in [0.29, 0.717) is 31.7 Å². The van der Waals surface area contributed by atoms with Crippen LogP contribution in [0.15, 0.2) is 78.9 Å². The molecule has 3 aromatic carbocycles. The summed E-state index contributed by atoms with van der Waals surface area (Å²) < 4.78 is 5.84. The Morgan fingerprint density at radius 3 is 2.30 bits per heavy atom. The molecule has 13 nitrogen and oxygen atoms in total. The molecule has 1 saturated heterocycles. The SMILES string of the molecule is Cc1cccc(N2CCN(CC(=O)N[C@H]3Cc4ccc(cc4)OCCNC(=O)C4(CC4)NC(=O)[C@@H](Cc4ccccc4)NC(=O)[C@H](C)NC3=O)CC2)c1. The van der Waals surface area contributed by atoms with Crippen LogP contribution in [-0.2, 0) is 36.8 Å². The van der Waals surface area contributed by atoms with Gasteiger partial charge >= 0.3 is 0 Å². The van der Waals surface area contributed by atoms with Gasteiger partial charge < -0.3 is 36.2 Å². The van der Waals surface area contributed by atoms with Crippen molar-refractivity contribution in [1.82, 2.24) is 31.5 Å². The van der Waals surface area contributed by atoms with Crippen LogP contribution in [0.5, 0.6) is 5.75 Å². The van der Waals surface area contributed by atoms with Gasteiger partial charge in [-0.2, -0.15) is 0 Å². The number of fused-ring (bicyclic) bond motifs is 15. The minimum atomic E-state index is -1.06. The molecule has 4 aliphatic rings. The van der Waals surface area contributed by atoms with E-state index in [1.807, 2.05) is 48.5 Å². The second-order valence-corrected chi connectivity index (χ2v) is 14.2. The number of rotatable bonds is 6. The fourth-order valence-electron chi connectivity index (χ4n) is 6.69. The summed E-state index contributed by atoms with van der Waals surface area (Å²) in [5, 5.41) is 14.2. The molecule has 7 rings (SSSR count). The van der Waals surface area contributed by atoms with Crippen LogP contribution in [0.25, 0.3) is 0 Å². The van der Waals surface area contributed by atoms with E-state index < -0.39 is 41.4 Å². The number of carbonyl (C=O) groups excluding carboxylic acids is 5. The number of hydrogen-bond donors (Lipinski definition) is 5. The minimum Gasteiger partial charge on any atom is -0.492 e. The molecule has 5 N–H and O–H groups in total. The van der Waals surface area contributed by atoms with Crippen LogP contribution in [0.3, 0.4) is 0 Å². The zero-order valence-electron chi connectivity index (χ0n) is 30.4. The summed E-state index contributed by atoms with van der Waals surface area (Å²) in [7, 11) is 0. The summed E-state index contributed by atoms with van der Waals surface area (Å²) >= 11 is 0. The van der Waals surface area contributed by atoms with Crippen LogP contribution < -0.4 is 36.2 Å². The molecule has 0 aromatic heterocycles. The molecule has 1 saturated carbocycles. The molecule has 1 aliphatic carbocycles. The van der Waals surface area contributed by atoms with Crippen molar-refractivity contribution in [2.24, 2.45) is 0 Å². The van der Waals surface area contributed by atoms with Gasteiger partial charge in [0.15, 0.2) is 0 Å². The van der Waals surface area contributed by atoms with Crippen LogP contribution >= 0.6 is 0 Å². The number of anilines is 1. The monoisotopic (exact) mass is 723 g/mol. The summed E-state index contributed by atoms with van der Waals surface area (Å²) in [6, 6.07) is 21.8. The average Bonchev–Trinajstić information content (AvgIpc) is 3.94.